The Morgan fingerprint density at radius 2 is 1.91 bits per heavy atom. The number of carbonyl (C=O) groups excluding carboxylic acids is 1. The van der Waals surface area contributed by atoms with Gasteiger partial charge >= 0.3 is 0 Å². The standard InChI is InChI=1S/C18H21N3O/c1-13(2)18(3,12-19)21-17(22)11-20-16-9-8-14-6-4-5-7-15(14)10-16/h4-10,13,20H,11H2,1-3H3,(H,21,22)/t18-/m0/s1. The van der Waals surface area contributed by atoms with Gasteiger partial charge in [0.15, 0.2) is 0 Å². The lowest BCUT2D eigenvalue weighted by atomic mass is 9.90. The molecule has 2 rings (SSSR count). The minimum absolute atomic E-state index is 0.0436. The van der Waals surface area contributed by atoms with Crippen LogP contribution in [0.4, 0.5) is 5.69 Å². The van der Waals surface area contributed by atoms with Gasteiger partial charge in [-0.1, -0.05) is 44.2 Å². The van der Waals surface area contributed by atoms with Crippen molar-refractivity contribution in [2.75, 3.05) is 11.9 Å². The topological polar surface area (TPSA) is 64.9 Å². The Labute approximate surface area is 131 Å². The Morgan fingerprint density at radius 3 is 2.55 bits per heavy atom. The predicted octanol–water partition coefficient (Wildman–Crippen LogP) is 3.31. The summed E-state index contributed by atoms with van der Waals surface area (Å²) in [6.07, 6.45) is 0. The number of rotatable bonds is 5. The SMILES string of the molecule is CC(C)[C@](C)(C#N)NC(=O)CNc1ccc2ccccc2c1. The molecule has 0 saturated heterocycles. The van der Waals surface area contributed by atoms with Gasteiger partial charge in [0.05, 0.1) is 12.6 Å². The molecule has 2 aromatic rings. The molecule has 1 atom stereocenters. The summed E-state index contributed by atoms with van der Waals surface area (Å²) in [4.78, 5) is 12.0. The highest BCUT2D eigenvalue weighted by atomic mass is 16.2. The maximum atomic E-state index is 12.0. The van der Waals surface area contributed by atoms with Crippen LogP contribution >= 0.6 is 0 Å². The predicted molar refractivity (Wildman–Crippen MR) is 89.4 cm³/mol. The minimum atomic E-state index is -0.845. The normalized spacial score (nSPS) is 13.4. The molecule has 1 amide bonds. The first-order chi connectivity index (χ1) is 10.4. The lowest BCUT2D eigenvalue weighted by molar-refractivity contribution is -0.121. The lowest BCUT2D eigenvalue weighted by Gasteiger charge is -2.27. The smallest absolute Gasteiger partial charge is 0.240 e. The summed E-state index contributed by atoms with van der Waals surface area (Å²) in [5.74, 6) is -0.145. The van der Waals surface area contributed by atoms with E-state index in [1.807, 2.05) is 56.3 Å². The molecular weight excluding hydrogens is 274 g/mol. The number of nitrogens with zero attached hydrogens (tertiary/aromatic N) is 1. The van der Waals surface area contributed by atoms with E-state index in [4.69, 9.17) is 0 Å². The van der Waals surface area contributed by atoms with E-state index in [1.165, 1.54) is 0 Å². The molecule has 0 heterocycles. The van der Waals surface area contributed by atoms with Crippen LogP contribution in [-0.4, -0.2) is 18.0 Å². The molecule has 0 aliphatic heterocycles. The molecule has 0 fully saturated rings. The maximum Gasteiger partial charge on any atom is 0.240 e. The Kier molecular flexibility index (Phi) is 4.67. The zero-order valence-electron chi connectivity index (χ0n) is 13.2. The van der Waals surface area contributed by atoms with Gasteiger partial charge in [0, 0.05) is 5.69 Å². The van der Waals surface area contributed by atoms with Crippen molar-refractivity contribution in [2.24, 2.45) is 5.92 Å². The van der Waals surface area contributed by atoms with Crippen molar-refractivity contribution in [3.63, 3.8) is 0 Å². The summed E-state index contributed by atoms with van der Waals surface area (Å²) in [5.41, 5.74) is 0.0411. The Morgan fingerprint density at radius 1 is 1.23 bits per heavy atom. The Hall–Kier alpha value is -2.54. The van der Waals surface area contributed by atoms with Crippen LogP contribution in [-0.2, 0) is 4.79 Å². The van der Waals surface area contributed by atoms with E-state index in [-0.39, 0.29) is 18.4 Å². The summed E-state index contributed by atoms with van der Waals surface area (Å²) in [6.45, 7) is 5.72. The summed E-state index contributed by atoms with van der Waals surface area (Å²) in [5, 5.41) is 17.4. The zero-order chi connectivity index (χ0) is 16.2. The molecule has 2 N–H and O–H groups in total. The third-order valence-corrected chi connectivity index (χ3v) is 3.99. The van der Waals surface area contributed by atoms with Gasteiger partial charge in [-0.2, -0.15) is 5.26 Å². The number of nitriles is 1. The van der Waals surface area contributed by atoms with Gasteiger partial charge in [-0.25, -0.2) is 0 Å². The second-order valence-corrected chi connectivity index (χ2v) is 5.93. The molecule has 0 radical (unpaired) electrons. The monoisotopic (exact) mass is 295 g/mol. The van der Waals surface area contributed by atoms with Crippen LogP contribution in [0.5, 0.6) is 0 Å². The van der Waals surface area contributed by atoms with Crippen molar-refractivity contribution < 1.29 is 4.79 Å². The van der Waals surface area contributed by atoms with Crippen LogP contribution in [0.1, 0.15) is 20.8 Å². The van der Waals surface area contributed by atoms with Gasteiger partial charge in [-0.15, -0.1) is 0 Å². The number of nitrogens with one attached hydrogen (secondary N) is 2. The molecule has 0 aliphatic carbocycles. The van der Waals surface area contributed by atoms with E-state index in [1.54, 1.807) is 6.92 Å². The van der Waals surface area contributed by atoms with E-state index in [2.05, 4.69) is 16.7 Å². The first-order valence-corrected chi connectivity index (χ1v) is 7.39. The zero-order valence-corrected chi connectivity index (χ0v) is 13.2. The van der Waals surface area contributed by atoms with Crippen molar-refractivity contribution in [3.05, 3.63) is 42.5 Å². The molecule has 0 bridgehead atoms. The summed E-state index contributed by atoms with van der Waals surface area (Å²) in [6, 6.07) is 16.2. The van der Waals surface area contributed by atoms with Gasteiger partial charge in [0.2, 0.25) is 5.91 Å². The second-order valence-electron chi connectivity index (χ2n) is 5.93. The van der Waals surface area contributed by atoms with Gasteiger partial charge < -0.3 is 10.6 Å². The molecule has 0 aromatic heterocycles. The van der Waals surface area contributed by atoms with Crippen LogP contribution in [0.2, 0.25) is 0 Å². The first-order valence-electron chi connectivity index (χ1n) is 7.39. The minimum Gasteiger partial charge on any atom is -0.376 e. The lowest BCUT2D eigenvalue weighted by Crippen LogP contribution is -2.50. The third kappa shape index (κ3) is 3.56. The summed E-state index contributed by atoms with van der Waals surface area (Å²) < 4.78 is 0. The van der Waals surface area contributed by atoms with Gasteiger partial charge in [-0.3, -0.25) is 4.79 Å². The quantitative estimate of drug-likeness (QED) is 0.889. The summed E-state index contributed by atoms with van der Waals surface area (Å²) in [7, 11) is 0. The van der Waals surface area contributed by atoms with Crippen LogP contribution in [0.3, 0.4) is 0 Å². The van der Waals surface area contributed by atoms with Gasteiger partial charge in [0.1, 0.15) is 5.54 Å². The number of carbonyl (C=O) groups is 1. The molecule has 2 aromatic carbocycles. The second kappa shape index (κ2) is 6.48. The van der Waals surface area contributed by atoms with Crippen LogP contribution in [0.25, 0.3) is 10.8 Å². The van der Waals surface area contributed by atoms with Crippen LogP contribution in [0.15, 0.2) is 42.5 Å². The number of hydrogen-bond donors (Lipinski definition) is 2. The molecule has 0 aliphatic rings. The van der Waals surface area contributed by atoms with Gasteiger partial charge in [0.25, 0.3) is 0 Å². The molecule has 0 unspecified atom stereocenters. The van der Waals surface area contributed by atoms with Crippen molar-refractivity contribution in [1.29, 1.82) is 5.26 Å². The number of fused-ring (bicyclic) bond motifs is 1. The highest BCUT2D eigenvalue weighted by Gasteiger charge is 2.29. The fourth-order valence-corrected chi connectivity index (χ4v) is 2.12. The Balaban J connectivity index is 1.99. The van der Waals surface area contributed by atoms with Crippen molar-refractivity contribution in [2.45, 2.75) is 26.3 Å². The average Bonchev–Trinajstić information content (AvgIpc) is 2.52. The number of hydrogen-bond acceptors (Lipinski definition) is 3. The summed E-state index contributed by atoms with van der Waals surface area (Å²) >= 11 is 0. The third-order valence-electron chi connectivity index (χ3n) is 3.99. The molecule has 22 heavy (non-hydrogen) atoms. The fraction of sp³-hybridized carbons (Fsp3) is 0.333. The molecule has 0 saturated carbocycles. The highest BCUT2D eigenvalue weighted by molar-refractivity contribution is 5.87. The molecular formula is C18H21N3O. The van der Waals surface area contributed by atoms with Crippen LogP contribution in [0, 0.1) is 17.2 Å². The van der Waals surface area contributed by atoms with Crippen molar-refractivity contribution in [1.82, 2.24) is 5.32 Å². The van der Waals surface area contributed by atoms with Crippen molar-refractivity contribution >= 4 is 22.4 Å². The van der Waals surface area contributed by atoms with Crippen molar-refractivity contribution in [3.8, 4) is 6.07 Å². The number of benzene rings is 2. The maximum absolute atomic E-state index is 12.0. The number of amides is 1. The van der Waals surface area contributed by atoms with E-state index in [0.717, 1.165) is 16.5 Å². The fourth-order valence-electron chi connectivity index (χ4n) is 2.12. The molecule has 114 valence electrons. The molecule has 0 spiro atoms. The molecule has 4 nitrogen and oxygen atoms in total. The average molecular weight is 295 g/mol. The van der Waals surface area contributed by atoms with E-state index in [9.17, 15) is 10.1 Å². The van der Waals surface area contributed by atoms with Gasteiger partial charge in [-0.05, 0) is 35.7 Å². The molecule has 4 heteroatoms. The number of anilines is 1. The van der Waals surface area contributed by atoms with Crippen LogP contribution < -0.4 is 10.6 Å². The first kappa shape index (κ1) is 15.8. The largest absolute Gasteiger partial charge is 0.376 e. The van der Waals surface area contributed by atoms with E-state index < -0.39 is 5.54 Å². The van der Waals surface area contributed by atoms with E-state index >= 15 is 0 Å². The Bertz CT molecular complexity index is 718. The van der Waals surface area contributed by atoms with E-state index in [0.29, 0.717) is 0 Å². The highest BCUT2D eigenvalue weighted by Crippen LogP contribution is 2.19.